The maximum Gasteiger partial charge on any atom is 0.410 e. The largest absolute Gasteiger partial charge is 0.444 e. The van der Waals surface area contributed by atoms with Gasteiger partial charge in [-0.2, -0.15) is 0 Å². The van der Waals surface area contributed by atoms with Crippen molar-refractivity contribution in [3.63, 3.8) is 0 Å². The van der Waals surface area contributed by atoms with Gasteiger partial charge in [-0.1, -0.05) is 6.42 Å². The second kappa shape index (κ2) is 9.28. The van der Waals surface area contributed by atoms with Crippen LogP contribution in [0.3, 0.4) is 0 Å². The van der Waals surface area contributed by atoms with Gasteiger partial charge in [0.1, 0.15) is 17.7 Å². The van der Waals surface area contributed by atoms with Crippen LogP contribution < -0.4 is 4.90 Å². The van der Waals surface area contributed by atoms with E-state index >= 15 is 0 Å². The zero-order valence-corrected chi connectivity index (χ0v) is 20.7. The van der Waals surface area contributed by atoms with Crippen molar-refractivity contribution in [1.29, 1.82) is 0 Å². The van der Waals surface area contributed by atoms with E-state index in [4.69, 9.17) is 4.74 Å². The van der Waals surface area contributed by atoms with Crippen molar-refractivity contribution in [2.45, 2.75) is 45.6 Å². The normalized spacial score (nSPS) is 21.0. The highest BCUT2D eigenvalue weighted by Gasteiger charge is 2.39. The Kier molecular flexibility index (Phi) is 7.19. The number of carbonyl (C=O) groups excluding carboxylic acids is 1. The van der Waals surface area contributed by atoms with Crippen LogP contribution in [0.15, 0.2) is 18.6 Å². The molecular formula is C20H30IN5O2S. The summed E-state index contributed by atoms with van der Waals surface area (Å²) in [6, 6.07) is 2.04. The standard InChI is InChI=1S/C12H21NO2.C8H9IN4S/c1-12(2,3)15-11(14)13-7-9-5-4-6-10(9)8-13;1-12(2)7-6-3-4-13(14-9)8(6)11-5-10-7/h9-10H,4-8H2,1-3H3;3-5H,1-2H3/t9-,10+;. The molecule has 2 atom stereocenters. The number of anilines is 1. The topological polar surface area (TPSA) is 63.5 Å². The number of rotatable bonds is 2. The lowest BCUT2D eigenvalue weighted by molar-refractivity contribution is 0.0280. The van der Waals surface area contributed by atoms with Crippen molar-refractivity contribution in [1.82, 2.24) is 18.8 Å². The van der Waals surface area contributed by atoms with Gasteiger partial charge in [-0.3, -0.25) is 3.97 Å². The molecule has 2 aromatic heterocycles. The molecule has 0 bridgehead atoms. The summed E-state index contributed by atoms with van der Waals surface area (Å²) in [5.41, 5.74) is 0.595. The monoisotopic (exact) mass is 531 g/mol. The van der Waals surface area contributed by atoms with Gasteiger partial charge in [0.2, 0.25) is 0 Å². The summed E-state index contributed by atoms with van der Waals surface area (Å²) in [4.78, 5) is 24.2. The van der Waals surface area contributed by atoms with Gasteiger partial charge >= 0.3 is 6.09 Å². The Morgan fingerprint density at radius 1 is 1.24 bits per heavy atom. The van der Waals surface area contributed by atoms with Gasteiger partial charge in [0.15, 0.2) is 5.65 Å². The van der Waals surface area contributed by atoms with Crippen molar-refractivity contribution in [2.75, 3.05) is 32.1 Å². The second-order valence-electron chi connectivity index (χ2n) is 8.88. The molecule has 1 saturated carbocycles. The molecule has 3 heterocycles. The molecule has 1 amide bonds. The fraction of sp³-hybridized carbons (Fsp3) is 0.650. The summed E-state index contributed by atoms with van der Waals surface area (Å²) < 4.78 is 7.39. The smallest absolute Gasteiger partial charge is 0.410 e. The van der Waals surface area contributed by atoms with E-state index in [1.807, 2.05) is 60.9 Å². The number of amides is 1. The van der Waals surface area contributed by atoms with Crippen molar-refractivity contribution in [3.8, 4) is 0 Å². The van der Waals surface area contributed by atoms with E-state index in [0.29, 0.717) is 0 Å². The highest BCUT2D eigenvalue weighted by molar-refractivity contribution is 14.2. The van der Waals surface area contributed by atoms with E-state index < -0.39 is 0 Å². The molecule has 1 aliphatic heterocycles. The molecule has 0 spiro atoms. The third-order valence-electron chi connectivity index (χ3n) is 5.30. The molecule has 160 valence electrons. The first kappa shape index (κ1) is 22.5. The van der Waals surface area contributed by atoms with Crippen molar-refractivity contribution >= 4 is 53.3 Å². The van der Waals surface area contributed by atoms with Gasteiger partial charge in [-0.25, -0.2) is 14.8 Å². The molecule has 0 N–H and O–H groups in total. The van der Waals surface area contributed by atoms with Crippen LogP contribution in [0.1, 0.15) is 40.0 Å². The predicted octanol–water partition coefficient (Wildman–Crippen LogP) is 5.00. The van der Waals surface area contributed by atoms with E-state index in [2.05, 4.69) is 31.2 Å². The molecule has 1 saturated heterocycles. The highest BCUT2D eigenvalue weighted by Crippen LogP contribution is 2.38. The molecule has 4 rings (SSSR count). The molecular weight excluding hydrogens is 501 g/mol. The first-order chi connectivity index (χ1) is 13.7. The second-order valence-corrected chi connectivity index (χ2v) is 10.6. The number of carbonyl (C=O) groups is 1. The molecule has 0 aromatic carbocycles. The van der Waals surface area contributed by atoms with Gasteiger partial charge in [-0.05, 0) is 51.5 Å². The first-order valence-electron chi connectivity index (χ1n) is 9.96. The van der Waals surface area contributed by atoms with E-state index in [0.717, 1.165) is 41.8 Å². The van der Waals surface area contributed by atoms with Crippen LogP contribution in [0.4, 0.5) is 10.6 Å². The van der Waals surface area contributed by atoms with E-state index in [1.165, 1.54) is 19.3 Å². The van der Waals surface area contributed by atoms with Crippen molar-refractivity contribution in [3.05, 3.63) is 18.6 Å². The number of hydrogen-bond donors (Lipinski definition) is 0. The van der Waals surface area contributed by atoms with Gasteiger partial charge in [-0.15, -0.1) is 0 Å². The first-order valence-corrected chi connectivity index (χ1v) is 13.3. The molecule has 1 aliphatic carbocycles. The average molecular weight is 531 g/mol. The zero-order chi connectivity index (χ0) is 21.2. The number of hydrogen-bond acceptors (Lipinski definition) is 6. The molecule has 0 unspecified atom stereocenters. The molecule has 7 nitrogen and oxygen atoms in total. The summed E-state index contributed by atoms with van der Waals surface area (Å²) in [7, 11) is 5.57. The Balaban J connectivity index is 0.000000166. The lowest BCUT2D eigenvalue weighted by Crippen LogP contribution is -2.35. The van der Waals surface area contributed by atoms with Gasteiger partial charge in [0.05, 0.1) is 5.39 Å². The molecule has 2 fully saturated rings. The maximum absolute atomic E-state index is 11.8. The third-order valence-corrected chi connectivity index (χ3v) is 7.02. The minimum atomic E-state index is -0.366. The quantitative estimate of drug-likeness (QED) is 0.509. The number of halogens is 1. The number of nitrogens with zero attached hydrogens (tertiary/aromatic N) is 5. The average Bonchev–Trinajstić information content (AvgIpc) is 3.34. The van der Waals surface area contributed by atoms with E-state index in [9.17, 15) is 4.79 Å². The van der Waals surface area contributed by atoms with Crippen LogP contribution in [0.25, 0.3) is 11.0 Å². The SMILES string of the molecule is CC(C)(C)OC(=O)N1C[C@H]2CCC[C@H]2C1.CN(C)c1ncnc2c1ccn2SI. The Morgan fingerprint density at radius 3 is 2.45 bits per heavy atom. The predicted molar refractivity (Wildman–Crippen MR) is 128 cm³/mol. The molecule has 2 aliphatic rings. The summed E-state index contributed by atoms with van der Waals surface area (Å²) in [6.45, 7) is 7.59. The Morgan fingerprint density at radius 2 is 1.90 bits per heavy atom. The fourth-order valence-corrected chi connectivity index (χ4v) is 5.31. The van der Waals surface area contributed by atoms with Crippen LogP contribution >= 0.6 is 30.3 Å². The Bertz CT molecular complexity index is 839. The van der Waals surface area contributed by atoms with Crippen LogP contribution in [-0.2, 0) is 4.74 Å². The Labute approximate surface area is 189 Å². The van der Waals surface area contributed by atoms with Crippen molar-refractivity contribution in [2.24, 2.45) is 11.8 Å². The van der Waals surface area contributed by atoms with Crippen LogP contribution in [0.2, 0.25) is 0 Å². The van der Waals surface area contributed by atoms with E-state index in [1.54, 1.807) is 15.4 Å². The third kappa shape index (κ3) is 5.48. The summed E-state index contributed by atoms with van der Waals surface area (Å²) in [6.07, 6.45) is 7.41. The molecule has 29 heavy (non-hydrogen) atoms. The summed E-state index contributed by atoms with van der Waals surface area (Å²) >= 11 is 2.23. The minimum absolute atomic E-state index is 0.128. The fourth-order valence-electron chi connectivity index (χ4n) is 4.04. The van der Waals surface area contributed by atoms with Crippen LogP contribution in [0, 0.1) is 11.8 Å². The molecule has 2 aromatic rings. The number of aromatic nitrogens is 3. The number of fused-ring (bicyclic) bond motifs is 2. The zero-order valence-electron chi connectivity index (χ0n) is 17.8. The summed E-state index contributed by atoms with van der Waals surface area (Å²) in [5.74, 6) is 2.45. The van der Waals surface area contributed by atoms with Crippen LogP contribution in [0.5, 0.6) is 0 Å². The van der Waals surface area contributed by atoms with Gasteiger partial charge in [0, 0.05) is 63.7 Å². The lowest BCUT2D eigenvalue weighted by atomic mass is 10.0. The van der Waals surface area contributed by atoms with Gasteiger partial charge in [0.25, 0.3) is 0 Å². The molecule has 0 radical (unpaired) electrons. The Hall–Kier alpha value is -1.23. The van der Waals surface area contributed by atoms with Gasteiger partial charge < -0.3 is 14.5 Å². The van der Waals surface area contributed by atoms with Crippen LogP contribution in [-0.4, -0.2) is 57.7 Å². The lowest BCUT2D eigenvalue weighted by Gasteiger charge is -2.24. The summed E-state index contributed by atoms with van der Waals surface area (Å²) in [5, 5.41) is 1.08. The molecule has 9 heteroatoms. The van der Waals surface area contributed by atoms with Crippen molar-refractivity contribution < 1.29 is 9.53 Å². The number of likely N-dealkylation sites (tertiary alicyclic amines) is 1. The highest BCUT2D eigenvalue weighted by atomic mass is 127. The maximum atomic E-state index is 11.8. The number of ether oxygens (including phenoxy) is 1. The minimum Gasteiger partial charge on any atom is -0.444 e. The van der Waals surface area contributed by atoms with E-state index in [-0.39, 0.29) is 11.7 Å².